The van der Waals surface area contributed by atoms with Gasteiger partial charge in [-0.3, -0.25) is 23.4 Å². The van der Waals surface area contributed by atoms with Crippen molar-refractivity contribution in [2.24, 2.45) is 5.73 Å². The van der Waals surface area contributed by atoms with Crippen LogP contribution in [0, 0.1) is 0 Å². The number of aliphatic carboxylic acids is 1. The number of carbonyl (C=O) groups excluding carboxylic acids is 2. The van der Waals surface area contributed by atoms with Crippen LogP contribution in [0.25, 0.3) is 0 Å². The molecule has 4 N–H and O–H groups in total. The summed E-state index contributed by atoms with van der Waals surface area (Å²) in [5.74, 6) is -2.49. The fourth-order valence-corrected chi connectivity index (χ4v) is 6.02. The highest BCUT2D eigenvalue weighted by molar-refractivity contribution is 7.47. The smallest absolute Gasteiger partial charge is 0.472 e. The van der Waals surface area contributed by atoms with E-state index in [2.05, 4.69) is 91.3 Å². The van der Waals surface area contributed by atoms with Crippen LogP contribution in [0.4, 0.5) is 0 Å². The second-order valence-corrected chi connectivity index (χ2v) is 15.5. The Morgan fingerprint density at radius 2 is 0.983 bits per heavy atom. The number of carbonyl (C=O) groups is 3. The molecule has 0 saturated heterocycles. The third-order valence-electron chi connectivity index (χ3n) is 8.63. The fraction of sp³-hybridized carbons (Fsp3) is 0.630. The van der Waals surface area contributed by atoms with E-state index in [1.165, 1.54) is 38.5 Å². The molecule has 0 spiro atoms. The van der Waals surface area contributed by atoms with Crippen molar-refractivity contribution in [2.45, 2.75) is 167 Å². The number of carboxylic acids is 1. The Morgan fingerprint density at radius 1 is 0.552 bits per heavy atom. The first-order chi connectivity index (χ1) is 28.1. The van der Waals surface area contributed by atoms with Crippen molar-refractivity contribution in [3.05, 3.63) is 85.1 Å². The maximum absolute atomic E-state index is 12.6. The Balaban J connectivity index is 4.52. The van der Waals surface area contributed by atoms with Gasteiger partial charge in [0.25, 0.3) is 0 Å². The maximum Gasteiger partial charge on any atom is 0.472 e. The Hall–Kier alpha value is -3.34. The maximum atomic E-state index is 12.6. The second kappa shape index (κ2) is 40.4. The molecule has 0 aromatic carbocycles. The molecule has 0 aromatic rings. The minimum absolute atomic E-state index is 0.0791. The van der Waals surface area contributed by atoms with Crippen LogP contribution in [0.3, 0.4) is 0 Å². The summed E-state index contributed by atoms with van der Waals surface area (Å²) in [6.07, 6.45) is 49.4. The number of unbranched alkanes of at least 4 members (excludes halogenated alkanes) is 11. The van der Waals surface area contributed by atoms with Crippen molar-refractivity contribution in [3.8, 4) is 0 Å². The molecule has 0 radical (unpaired) electrons. The van der Waals surface area contributed by atoms with Crippen LogP contribution >= 0.6 is 7.82 Å². The second-order valence-electron chi connectivity index (χ2n) is 14.1. The first kappa shape index (κ1) is 54.7. The van der Waals surface area contributed by atoms with Gasteiger partial charge in [0.2, 0.25) is 0 Å². The van der Waals surface area contributed by atoms with Gasteiger partial charge in [-0.25, -0.2) is 4.57 Å². The van der Waals surface area contributed by atoms with Crippen LogP contribution < -0.4 is 5.73 Å². The summed E-state index contributed by atoms with van der Waals surface area (Å²) in [5.41, 5.74) is 5.33. The van der Waals surface area contributed by atoms with Crippen LogP contribution in [0.2, 0.25) is 0 Å². The lowest BCUT2D eigenvalue weighted by Crippen LogP contribution is -2.34. The van der Waals surface area contributed by atoms with Gasteiger partial charge in [-0.2, -0.15) is 0 Å². The largest absolute Gasteiger partial charge is 0.480 e. The third kappa shape index (κ3) is 39.5. The highest BCUT2D eigenvalue weighted by Gasteiger charge is 2.28. The van der Waals surface area contributed by atoms with Gasteiger partial charge in [0.15, 0.2) is 6.10 Å². The Kier molecular flexibility index (Phi) is 38.1. The zero-order valence-corrected chi connectivity index (χ0v) is 36.5. The molecule has 0 aliphatic heterocycles. The number of ether oxygens (including phenoxy) is 2. The zero-order chi connectivity index (χ0) is 42.8. The number of phosphoric acid groups is 1. The quantitative estimate of drug-likeness (QED) is 0.0233. The molecule has 3 atom stereocenters. The zero-order valence-electron chi connectivity index (χ0n) is 35.6. The predicted octanol–water partition coefficient (Wildman–Crippen LogP) is 11.5. The van der Waals surface area contributed by atoms with Gasteiger partial charge in [-0.1, -0.05) is 144 Å². The molecule has 0 heterocycles. The number of esters is 2. The number of hydrogen-bond donors (Lipinski definition) is 3. The molecule has 0 bridgehead atoms. The molecule has 0 fully saturated rings. The van der Waals surface area contributed by atoms with E-state index in [9.17, 15) is 23.8 Å². The standard InChI is InChI=1S/C46H76NO10P/c1-3-5-7-9-11-13-15-17-19-21-23-25-27-29-31-33-35-37-44(48)54-39-42(40-55-58(52,53)56-41-43(47)46(50)51)57-45(49)38-36-34-32-30-28-26-24-22-20-18-16-14-12-10-8-6-4-2/h5,7,11,13,17-20,23-26,30,32,42-43H,3-4,6,8-10,12,14-16,21-22,27-29,31,33-41,47H2,1-2H3,(H,50,51)(H,52,53)/b7-5-,13-11-,19-17-,20-18-,25-23-,26-24-,32-30-/t42-,43+/m1/s1. The Labute approximate surface area is 350 Å². The number of hydrogen-bond acceptors (Lipinski definition) is 9. The van der Waals surface area contributed by atoms with Crippen molar-refractivity contribution in [2.75, 3.05) is 19.8 Å². The van der Waals surface area contributed by atoms with Crippen LogP contribution in [-0.4, -0.2) is 59.9 Å². The van der Waals surface area contributed by atoms with Crippen LogP contribution in [-0.2, 0) is 37.5 Å². The van der Waals surface area contributed by atoms with Gasteiger partial charge in [0.05, 0.1) is 13.2 Å². The van der Waals surface area contributed by atoms with Crippen molar-refractivity contribution < 1.29 is 47.5 Å². The van der Waals surface area contributed by atoms with E-state index < -0.39 is 51.1 Å². The number of carboxylic acid groups (broad SMARTS) is 1. The molecule has 0 aromatic heterocycles. The van der Waals surface area contributed by atoms with Gasteiger partial charge in [0, 0.05) is 12.8 Å². The van der Waals surface area contributed by atoms with E-state index in [0.717, 1.165) is 70.6 Å². The van der Waals surface area contributed by atoms with E-state index in [4.69, 9.17) is 24.8 Å². The van der Waals surface area contributed by atoms with Gasteiger partial charge in [-0.15, -0.1) is 0 Å². The molecule has 0 aliphatic rings. The number of nitrogens with two attached hydrogens (primary N) is 1. The molecule has 1 unspecified atom stereocenters. The first-order valence-electron chi connectivity index (χ1n) is 21.6. The summed E-state index contributed by atoms with van der Waals surface area (Å²) >= 11 is 0. The lowest BCUT2D eigenvalue weighted by molar-refractivity contribution is -0.161. The number of rotatable bonds is 39. The normalized spacial score (nSPS) is 14.6. The lowest BCUT2D eigenvalue weighted by Gasteiger charge is -2.20. The summed E-state index contributed by atoms with van der Waals surface area (Å²) < 4.78 is 32.6. The number of phosphoric ester groups is 1. The van der Waals surface area contributed by atoms with Crippen molar-refractivity contribution in [1.29, 1.82) is 0 Å². The van der Waals surface area contributed by atoms with E-state index >= 15 is 0 Å². The van der Waals surface area contributed by atoms with Crippen LogP contribution in [0.5, 0.6) is 0 Å². The third-order valence-corrected chi connectivity index (χ3v) is 9.58. The molecular formula is C46H76NO10P. The molecule has 58 heavy (non-hydrogen) atoms. The van der Waals surface area contributed by atoms with Gasteiger partial charge in [0.1, 0.15) is 12.6 Å². The summed E-state index contributed by atoms with van der Waals surface area (Å²) in [7, 11) is -4.74. The van der Waals surface area contributed by atoms with E-state index in [0.29, 0.717) is 19.3 Å². The topological polar surface area (TPSA) is 172 Å². The minimum atomic E-state index is -4.74. The molecule has 0 rings (SSSR count). The molecule has 0 aliphatic carbocycles. The van der Waals surface area contributed by atoms with E-state index in [-0.39, 0.29) is 19.4 Å². The average Bonchev–Trinajstić information content (AvgIpc) is 3.20. The monoisotopic (exact) mass is 834 g/mol. The average molecular weight is 834 g/mol. The summed E-state index contributed by atoms with van der Waals surface area (Å²) in [4.78, 5) is 45.9. The predicted molar refractivity (Wildman–Crippen MR) is 235 cm³/mol. The highest BCUT2D eigenvalue weighted by Crippen LogP contribution is 2.43. The highest BCUT2D eigenvalue weighted by atomic mass is 31.2. The molecule has 12 heteroatoms. The summed E-state index contributed by atoms with van der Waals surface area (Å²) in [6.45, 7) is 2.59. The molecule has 330 valence electrons. The molecule has 11 nitrogen and oxygen atoms in total. The van der Waals surface area contributed by atoms with Crippen LogP contribution in [0.1, 0.15) is 155 Å². The van der Waals surface area contributed by atoms with Crippen molar-refractivity contribution >= 4 is 25.7 Å². The molecular weight excluding hydrogens is 757 g/mol. The van der Waals surface area contributed by atoms with Crippen molar-refractivity contribution in [1.82, 2.24) is 0 Å². The van der Waals surface area contributed by atoms with Gasteiger partial charge in [-0.05, 0) is 83.5 Å². The molecule has 0 saturated carbocycles. The Morgan fingerprint density at radius 3 is 1.50 bits per heavy atom. The molecule has 0 amide bonds. The Bertz CT molecular complexity index is 1300. The van der Waals surface area contributed by atoms with Gasteiger partial charge >= 0.3 is 25.7 Å². The van der Waals surface area contributed by atoms with E-state index in [1.807, 2.05) is 12.2 Å². The summed E-state index contributed by atoms with van der Waals surface area (Å²) in [6, 6.07) is -1.54. The fourth-order valence-electron chi connectivity index (χ4n) is 5.25. The van der Waals surface area contributed by atoms with Crippen molar-refractivity contribution in [3.63, 3.8) is 0 Å². The van der Waals surface area contributed by atoms with Crippen LogP contribution in [0.15, 0.2) is 85.1 Å². The van der Waals surface area contributed by atoms with E-state index in [1.54, 1.807) is 0 Å². The van der Waals surface area contributed by atoms with Gasteiger partial charge < -0.3 is 25.2 Å². The SMILES string of the molecule is CC/C=C\C/C=C\C/C=C\C/C=C\CCCCCCC(=O)OC[C@H](COP(=O)(O)OC[C@H](N)C(=O)O)OC(=O)CCC/C=C\C/C=C\C/C=C\CCCCCCCC. The minimum Gasteiger partial charge on any atom is -0.480 e. The number of allylic oxidation sites excluding steroid dienone is 14. The first-order valence-corrected chi connectivity index (χ1v) is 23.1. The lowest BCUT2D eigenvalue weighted by atomic mass is 10.1. The summed E-state index contributed by atoms with van der Waals surface area (Å²) in [5, 5.41) is 8.89.